The van der Waals surface area contributed by atoms with Crippen molar-refractivity contribution in [2.45, 2.75) is 39.5 Å². The summed E-state index contributed by atoms with van der Waals surface area (Å²) in [5.74, 6) is 3.83. The van der Waals surface area contributed by atoms with Crippen molar-refractivity contribution in [1.29, 1.82) is 0 Å². The van der Waals surface area contributed by atoms with Gasteiger partial charge in [-0.2, -0.15) is 0 Å². The van der Waals surface area contributed by atoms with E-state index in [1.54, 1.807) is 7.11 Å². The first-order valence-corrected chi connectivity index (χ1v) is 7.32. The van der Waals surface area contributed by atoms with E-state index in [1.165, 1.54) is 18.4 Å². The van der Waals surface area contributed by atoms with Crippen LogP contribution in [0.2, 0.25) is 0 Å². The summed E-state index contributed by atoms with van der Waals surface area (Å²) >= 11 is 0. The standard InChI is InChI=1S/C17H24O2/c1-10-13-8-12(17(10,2)3)9-14(13)11-5-6-16(19-4)15(18)7-11/h5-7,10,12-14,18H,8-9H2,1-4H3/t10-,12-,13-,14-/m1/s1. The van der Waals surface area contributed by atoms with Gasteiger partial charge in [-0.1, -0.05) is 26.8 Å². The molecule has 0 radical (unpaired) electrons. The number of aromatic hydroxyl groups is 1. The minimum atomic E-state index is 0.273. The molecule has 2 aliphatic rings. The monoisotopic (exact) mass is 260 g/mol. The number of ether oxygens (including phenoxy) is 1. The molecule has 0 saturated heterocycles. The third-order valence-electron chi connectivity index (χ3n) is 6.11. The highest BCUT2D eigenvalue weighted by Gasteiger charge is 2.55. The van der Waals surface area contributed by atoms with Gasteiger partial charge in [-0.3, -0.25) is 0 Å². The highest BCUT2D eigenvalue weighted by molar-refractivity contribution is 5.43. The molecule has 1 aromatic carbocycles. The van der Waals surface area contributed by atoms with Gasteiger partial charge in [0, 0.05) is 0 Å². The van der Waals surface area contributed by atoms with Crippen LogP contribution in [0.5, 0.6) is 11.5 Å². The molecule has 0 amide bonds. The highest BCUT2D eigenvalue weighted by Crippen LogP contribution is 2.64. The van der Waals surface area contributed by atoms with Crippen LogP contribution in [0.1, 0.15) is 45.1 Å². The van der Waals surface area contributed by atoms with Crippen molar-refractivity contribution in [3.63, 3.8) is 0 Å². The lowest BCUT2D eigenvalue weighted by molar-refractivity contribution is 0.122. The lowest BCUT2D eigenvalue weighted by Crippen LogP contribution is -2.32. The van der Waals surface area contributed by atoms with E-state index < -0.39 is 0 Å². The molecule has 2 heteroatoms. The lowest BCUT2D eigenvalue weighted by Gasteiger charge is -2.40. The molecule has 2 aliphatic carbocycles. The Morgan fingerprint density at radius 1 is 1.26 bits per heavy atom. The molecule has 0 heterocycles. The molecule has 19 heavy (non-hydrogen) atoms. The molecule has 0 aliphatic heterocycles. The molecule has 1 N–H and O–H groups in total. The summed E-state index contributed by atoms with van der Waals surface area (Å²) in [6.07, 6.45) is 2.62. The average Bonchev–Trinajstić information content (AvgIpc) is 2.90. The number of phenols is 1. The van der Waals surface area contributed by atoms with E-state index >= 15 is 0 Å². The van der Waals surface area contributed by atoms with Gasteiger partial charge in [-0.25, -0.2) is 0 Å². The third kappa shape index (κ3) is 1.76. The summed E-state index contributed by atoms with van der Waals surface area (Å²) in [4.78, 5) is 0. The molecule has 0 spiro atoms. The van der Waals surface area contributed by atoms with Gasteiger partial charge in [0.05, 0.1) is 7.11 Å². The summed E-state index contributed by atoms with van der Waals surface area (Å²) in [5.41, 5.74) is 1.77. The van der Waals surface area contributed by atoms with E-state index in [9.17, 15) is 5.11 Å². The quantitative estimate of drug-likeness (QED) is 0.864. The van der Waals surface area contributed by atoms with Crippen LogP contribution < -0.4 is 4.74 Å². The Labute approximate surface area is 115 Å². The molecular formula is C17H24O2. The maximum absolute atomic E-state index is 9.97. The Morgan fingerprint density at radius 2 is 2.00 bits per heavy atom. The Hall–Kier alpha value is -1.18. The largest absolute Gasteiger partial charge is 0.504 e. The maximum atomic E-state index is 9.97. The van der Waals surface area contributed by atoms with Gasteiger partial charge in [0.25, 0.3) is 0 Å². The first-order valence-electron chi connectivity index (χ1n) is 7.32. The number of hydrogen-bond donors (Lipinski definition) is 1. The summed E-state index contributed by atoms with van der Waals surface area (Å²) < 4.78 is 5.13. The van der Waals surface area contributed by atoms with E-state index in [0.717, 1.165) is 17.8 Å². The van der Waals surface area contributed by atoms with Crippen LogP contribution in [0.15, 0.2) is 18.2 Å². The van der Waals surface area contributed by atoms with Crippen LogP contribution >= 0.6 is 0 Å². The van der Waals surface area contributed by atoms with Gasteiger partial charge in [0.2, 0.25) is 0 Å². The molecular weight excluding hydrogens is 236 g/mol. The topological polar surface area (TPSA) is 29.5 Å². The normalized spacial score (nSPS) is 35.6. The van der Waals surface area contributed by atoms with Crippen LogP contribution in [0.3, 0.4) is 0 Å². The van der Waals surface area contributed by atoms with Crippen molar-refractivity contribution in [1.82, 2.24) is 0 Å². The fourth-order valence-electron chi connectivity index (χ4n) is 4.47. The highest BCUT2D eigenvalue weighted by atomic mass is 16.5. The van der Waals surface area contributed by atoms with Crippen molar-refractivity contribution < 1.29 is 9.84 Å². The Balaban J connectivity index is 1.88. The van der Waals surface area contributed by atoms with Crippen LogP contribution in [0, 0.1) is 23.2 Å². The van der Waals surface area contributed by atoms with Crippen LogP contribution in [0.4, 0.5) is 0 Å². The summed E-state index contributed by atoms with van der Waals surface area (Å²) in [6.45, 7) is 7.24. The number of hydrogen-bond acceptors (Lipinski definition) is 2. The predicted octanol–water partition coefficient (Wildman–Crippen LogP) is 4.19. The molecule has 2 nitrogen and oxygen atoms in total. The molecule has 104 valence electrons. The van der Waals surface area contributed by atoms with Gasteiger partial charge in [0.1, 0.15) is 0 Å². The first kappa shape index (κ1) is 12.8. The van der Waals surface area contributed by atoms with Gasteiger partial charge in [-0.05, 0) is 59.6 Å². The van der Waals surface area contributed by atoms with Gasteiger partial charge < -0.3 is 9.84 Å². The van der Waals surface area contributed by atoms with E-state index in [0.29, 0.717) is 17.1 Å². The predicted molar refractivity (Wildman–Crippen MR) is 76.6 cm³/mol. The number of fused-ring (bicyclic) bond motifs is 2. The zero-order valence-corrected chi connectivity index (χ0v) is 12.3. The van der Waals surface area contributed by atoms with Gasteiger partial charge in [-0.15, -0.1) is 0 Å². The molecule has 1 aromatic rings. The summed E-state index contributed by atoms with van der Waals surface area (Å²) in [6, 6.07) is 5.93. The van der Waals surface area contributed by atoms with E-state index in [-0.39, 0.29) is 5.75 Å². The van der Waals surface area contributed by atoms with E-state index in [1.807, 2.05) is 12.1 Å². The second-order valence-electron chi connectivity index (χ2n) is 6.98. The Bertz CT molecular complexity index is 488. The van der Waals surface area contributed by atoms with Crippen LogP contribution in [0.25, 0.3) is 0 Å². The minimum Gasteiger partial charge on any atom is -0.504 e. The van der Waals surface area contributed by atoms with E-state index in [4.69, 9.17) is 4.74 Å². The minimum absolute atomic E-state index is 0.273. The zero-order chi connectivity index (χ0) is 13.8. The third-order valence-corrected chi connectivity index (χ3v) is 6.11. The van der Waals surface area contributed by atoms with Gasteiger partial charge in [0.15, 0.2) is 11.5 Å². The number of phenolic OH excluding ortho intramolecular Hbond substituents is 1. The SMILES string of the molecule is COc1ccc([C@H]2C[C@H]3C[C@@H]2[C@@H](C)C3(C)C)cc1O. The van der Waals surface area contributed by atoms with Crippen molar-refractivity contribution in [3.05, 3.63) is 23.8 Å². The first-order chi connectivity index (χ1) is 8.95. The van der Waals surface area contributed by atoms with Crippen molar-refractivity contribution in [2.75, 3.05) is 7.11 Å². The van der Waals surface area contributed by atoms with Crippen molar-refractivity contribution in [2.24, 2.45) is 23.2 Å². The number of rotatable bonds is 2. The molecule has 2 saturated carbocycles. The summed E-state index contributed by atoms with van der Waals surface area (Å²) in [5, 5.41) is 9.97. The smallest absolute Gasteiger partial charge is 0.160 e. The molecule has 0 unspecified atom stereocenters. The molecule has 0 aromatic heterocycles. The Morgan fingerprint density at radius 3 is 2.53 bits per heavy atom. The number of benzene rings is 1. The Kier molecular flexibility index (Phi) is 2.81. The fraction of sp³-hybridized carbons (Fsp3) is 0.647. The molecule has 3 rings (SSSR count). The second-order valence-corrected chi connectivity index (χ2v) is 6.98. The molecule has 2 fully saturated rings. The van der Waals surface area contributed by atoms with E-state index in [2.05, 4.69) is 26.8 Å². The zero-order valence-electron chi connectivity index (χ0n) is 12.3. The van der Waals surface area contributed by atoms with Gasteiger partial charge >= 0.3 is 0 Å². The lowest BCUT2D eigenvalue weighted by atomic mass is 9.65. The second kappa shape index (κ2) is 4.16. The van der Waals surface area contributed by atoms with Crippen LogP contribution in [-0.4, -0.2) is 12.2 Å². The van der Waals surface area contributed by atoms with Crippen molar-refractivity contribution in [3.8, 4) is 11.5 Å². The maximum Gasteiger partial charge on any atom is 0.160 e. The van der Waals surface area contributed by atoms with Crippen LogP contribution in [-0.2, 0) is 0 Å². The van der Waals surface area contributed by atoms with Crippen molar-refractivity contribution >= 4 is 0 Å². The molecule has 2 bridgehead atoms. The average molecular weight is 260 g/mol. The summed E-state index contributed by atoms with van der Waals surface area (Å²) in [7, 11) is 1.59. The fourth-order valence-corrected chi connectivity index (χ4v) is 4.47. The number of methoxy groups -OCH3 is 1. The molecule has 4 atom stereocenters.